The number of anilines is 1. The molecule has 7 unspecified atom stereocenters. The molecular weight excluding hydrogens is 491 g/mol. The summed E-state index contributed by atoms with van der Waals surface area (Å²) in [5.74, 6) is 1.96. The van der Waals surface area contributed by atoms with Gasteiger partial charge in [-0.15, -0.1) is 0 Å². The van der Waals surface area contributed by atoms with E-state index in [1.54, 1.807) is 0 Å². The van der Waals surface area contributed by atoms with Crippen molar-refractivity contribution >= 4 is 17.5 Å². The molecule has 0 bridgehead atoms. The maximum atomic E-state index is 12.9. The number of hydrogen-bond donors (Lipinski definition) is 3. The van der Waals surface area contributed by atoms with Gasteiger partial charge >= 0.3 is 6.18 Å². The number of allylic oxidation sites excluding steroid dienone is 4. The average Bonchev–Trinajstić information content (AvgIpc) is 3.24. The molecule has 5 nitrogen and oxygen atoms in total. The second-order valence-corrected chi connectivity index (χ2v) is 11.9. The van der Waals surface area contributed by atoms with Gasteiger partial charge in [-0.3, -0.25) is 9.59 Å². The monoisotopic (exact) mass is 529 g/mol. The molecule has 4 aliphatic carbocycles. The SMILES string of the molecule is NC12CCC(CCC3CCC(C4C=CC=CC4)C3)CC1C2C(=O)NCC(=O)Nc1cccc(C(F)(F)F)c1. The Morgan fingerprint density at radius 2 is 1.84 bits per heavy atom. The van der Waals surface area contributed by atoms with Crippen molar-refractivity contribution in [3.63, 3.8) is 0 Å². The Hall–Kier alpha value is -2.61. The molecule has 0 aromatic heterocycles. The van der Waals surface area contributed by atoms with E-state index < -0.39 is 23.2 Å². The Morgan fingerprint density at radius 1 is 1.05 bits per heavy atom. The fourth-order valence-corrected chi connectivity index (χ4v) is 7.30. The largest absolute Gasteiger partial charge is 0.416 e. The maximum absolute atomic E-state index is 12.9. The standard InChI is InChI=1S/C30H38F3N3O2/c31-30(32,33)23-7-4-8-24(17-23)36-26(37)18-35-28(38)27-25-16-20(13-14-29(25,27)34)10-9-19-11-12-22(15-19)21-5-2-1-3-6-21/h1-5,7-8,17,19-22,25,27H,6,9-16,18,34H2,(H,35,38)(H,36,37). The number of amides is 2. The molecular formula is C30H38F3N3O2. The normalized spacial score (nSPS) is 34.0. The van der Waals surface area contributed by atoms with E-state index in [0.29, 0.717) is 11.8 Å². The van der Waals surface area contributed by atoms with E-state index in [-0.39, 0.29) is 30.0 Å². The molecule has 38 heavy (non-hydrogen) atoms. The van der Waals surface area contributed by atoms with Crippen LogP contribution in [0.3, 0.4) is 0 Å². The van der Waals surface area contributed by atoms with Gasteiger partial charge in [-0.05, 0) is 86.3 Å². The van der Waals surface area contributed by atoms with Crippen molar-refractivity contribution in [2.75, 3.05) is 11.9 Å². The molecule has 1 aromatic rings. The Morgan fingerprint density at radius 3 is 2.58 bits per heavy atom. The highest BCUT2D eigenvalue weighted by Crippen LogP contribution is 2.59. The van der Waals surface area contributed by atoms with Crippen LogP contribution in [0.4, 0.5) is 18.9 Å². The number of nitrogens with two attached hydrogens (primary N) is 1. The molecule has 3 fully saturated rings. The van der Waals surface area contributed by atoms with Crippen molar-refractivity contribution in [2.24, 2.45) is 41.2 Å². The Bertz CT molecular complexity index is 1100. The fraction of sp³-hybridized carbons (Fsp3) is 0.600. The lowest BCUT2D eigenvalue weighted by Gasteiger charge is -2.26. The van der Waals surface area contributed by atoms with Crippen LogP contribution in [0.1, 0.15) is 63.4 Å². The Kier molecular flexibility index (Phi) is 7.72. The lowest BCUT2D eigenvalue weighted by atomic mass is 9.81. The summed E-state index contributed by atoms with van der Waals surface area (Å²) in [6.45, 7) is -0.299. The number of nitrogens with one attached hydrogen (secondary N) is 2. The molecule has 4 aliphatic rings. The van der Waals surface area contributed by atoms with Gasteiger partial charge in [0.1, 0.15) is 0 Å². The minimum absolute atomic E-state index is 0.0397. The van der Waals surface area contributed by atoms with Crippen molar-refractivity contribution in [2.45, 2.75) is 69.5 Å². The van der Waals surface area contributed by atoms with Crippen molar-refractivity contribution in [3.8, 4) is 0 Å². The van der Waals surface area contributed by atoms with Crippen molar-refractivity contribution in [1.82, 2.24) is 5.32 Å². The van der Waals surface area contributed by atoms with Crippen LogP contribution in [0.5, 0.6) is 0 Å². The van der Waals surface area contributed by atoms with E-state index >= 15 is 0 Å². The van der Waals surface area contributed by atoms with Crippen LogP contribution >= 0.6 is 0 Å². The number of hydrogen-bond acceptors (Lipinski definition) is 3. The topological polar surface area (TPSA) is 84.2 Å². The number of fused-ring (bicyclic) bond motifs is 1. The molecule has 3 saturated carbocycles. The third-order valence-corrected chi connectivity index (χ3v) is 9.50. The van der Waals surface area contributed by atoms with E-state index in [1.807, 2.05) is 0 Å². The summed E-state index contributed by atoms with van der Waals surface area (Å²) >= 11 is 0. The molecule has 1 aromatic carbocycles. The molecule has 0 saturated heterocycles. The van der Waals surface area contributed by atoms with Crippen molar-refractivity contribution in [3.05, 3.63) is 54.1 Å². The third kappa shape index (κ3) is 6.00. The molecule has 0 aliphatic heterocycles. The van der Waals surface area contributed by atoms with Gasteiger partial charge in [0.05, 0.1) is 18.0 Å². The molecule has 2 amide bonds. The summed E-state index contributed by atoms with van der Waals surface area (Å²) in [5.41, 5.74) is 5.30. The Balaban J connectivity index is 1.04. The first-order chi connectivity index (χ1) is 18.1. The van der Waals surface area contributed by atoms with Crippen LogP contribution in [0, 0.1) is 35.5 Å². The first-order valence-electron chi connectivity index (χ1n) is 14.0. The summed E-state index contributed by atoms with van der Waals surface area (Å²) in [6.07, 6.45) is 14.9. The van der Waals surface area contributed by atoms with Crippen LogP contribution in [0.15, 0.2) is 48.6 Å². The summed E-state index contributed by atoms with van der Waals surface area (Å²) in [6, 6.07) is 4.44. The van der Waals surface area contributed by atoms with Crippen LogP contribution in [0.25, 0.3) is 0 Å². The zero-order valence-electron chi connectivity index (χ0n) is 21.7. The quantitative estimate of drug-likeness (QED) is 0.396. The summed E-state index contributed by atoms with van der Waals surface area (Å²) in [4.78, 5) is 25.1. The van der Waals surface area contributed by atoms with Crippen LogP contribution in [0.2, 0.25) is 0 Å². The number of alkyl halides is 3. The smallest absolute Gasteiger partial charge is 0.347 e. The van der Waals surface area contributed by atoms with E-state index in [4.69, 9.17) is 5.73 Å². The van der Waals surface area contributed by atoms with Crippen LogP contribution < -0.4 is 16.4 Å². The van der Waals surface area contributed by atoms with Crippen molar-refractivity contribution < 1.29 is 22.8 Å². The zero-order valence-corrected chi connectivity index (χ0v) is 21.7. The highest BCUT2D eigenvalue weighted by atomic mass is 19.4. The maximum Gasteiger partial charge on any atom is 0.416 e. The molecule has 206 valence electrons. The minimum Gasteiger partial charge on any atom is -0.347 e. The van der Waals surface area contributed by atoms with E-state index in [1.165, 1.54) is 50.7 Å². The van der Waals surface area contributed by atoms with Crippen LogP contribution in [-0.2, 0) is 15.8 Å². The molecule has 0 heterocycles. The highest BCUT2D eigenvalue weighted by Gasteiger charge is 2.66. The summed E-state index contributed by atoms with van der Waals surface area (Å²) < 4.78 is 38.7. The highest BCUT2D eigenvalue weighted by molar-refractivity contribution is 5.95. The lowest BCUT2D eigenvalue weighted by Crippen LogP contribution is -2.38. The Labute approximate surface area is 222 Å². The van der Waals surface area contributed by atoms with Gasteiger partial charge in [0.15, 0.2) is 0 Å². The first kappa shape index (κ1) is 27.0. The predicted molar refractivity (Wildman–Crippen MR) is 141 cm³/mol. The second-order valence-electron chi connectivity index (χ2n) is 11.9. The number of benzene rings is 1. The molecule has 8 heteroatoms. The lowest BCUT2D eigenvalue weighted by molar-refractivity contribution is -0.137. The number of carbonyl (C=O) groups excluding carboxylic acids is 2. The van der Waals surface area contributed by atoms with E-state index in [0.717, 1.165) is 43.2 Å². The van der Waals surface area contributed by atoms with Gasteiger partial charge in [0.25, 0.3) is 0 Å². The third-order valence-electron chi connectivity index (χ3n) is 9.50. The number of halogens is 3. The van der Waals surface area contributed by atoms with Gasteiger partial charge in [-0.2, -0.15) is 13.2 Å². The zero-order chi connectivity index (χ0) is 26.9. The van der Waals surface area contributed by atoms with Gasteiger partial charge in [-0.1, -0.05) is 49.6 Å². The van der Waals surface area contributed by atoms with Gasteiger partial charge in [0, 0.05) is 11.2 Å². The van der Waals surface area contributed by atoms with Gasteiger partial charge in [-0.25, -0.2) is 0 Å². The molecule has 0 spiro atoms. The summed E-state index contributed by atoms with van der Waals surface area (Å²) in [5, 5.41) is 5.08. The van der Waals surface area contributed by atoms with Crippen LogP contribution in [-0.4, -0.2) is 23.9 Å². The molecule has 4 N–H and O–H groups in total. The molecule has 0 radical (unpaired) electrons. The van der Waals surface area contributed by atoms with Gasteiger partial charge in [0.2, 0.25) is 11.8 Å². The first-order valence-corrected chi connectivity index (χ1v) is 14.0. The minimum atomic E-state index is -4.49. The number of carbonyl (C=O) groups is 2. The predicted octanol–water partition coefficient (Wildman–Crippen LogP) is 5.83. The average molecular weight is 530 g/mol. The fourth-order valence-electron chi connectivity index (χ4n) is 7.30. The van der Waals surface area contributed by atoms with E-state index in [9.17, 15) is 22.8 Å². The second kappa shape index (κ2) is 10.9. The van der Waals surface area contributed by atoms with Crippen molar-refractivity contribution in [1.29, 1.82) is 0 Å². The van der Waals surface area contributed by atoms with E-state index in [2.05, 4.69) is 34.9 Å². The molecule has 5 rings (SSSR count). The summed E-state index contributed by atoms with van der Waals surface area (Å²) in [7, 11) is 0. The number of rotatable bonds is 8. The van der Waals surface area contributed by atoms with Gasteiger partial charge < -0.3 is 16.4 Å². The molecule has 7 atom stereocenters.